The first-order chi connectivity index (χ1) is 10.0. The Bertz CT molecular complexity index is 757. The summed E-state index contributed by atoms with van der Waals surface area (Å²) in [4.78, 5) is 4.29. The third-order valence-corrected chi connectivity index (χ3v) is 3.28. The smallest absolute Gasteiger partial charge is 0.174 e. The lowest BCUT2D eigenvalue weighted by molar-refractivity contribution is 0.247. The van der Waals surface area contributed by atoms with Gasteiger partial charge in [-0.05, 0) is 24.3 Å². The van der Waals surface area contributed by atoms with Crippen molar-refractivity contribution in [3.05, 3.63) is 54.0 Å². The first-order valence-corrected chi connectivity index (χ1v) is 6.96. The number of nitrogens with zero attached hydrogens (tertiary/aromatic N) is 2. The standard InChI is InChI=1S/C17H18N2O2/c1-17(2,3)16-10-14(21-19-16)11-20-13-6-7-15-12(9-13)5-4-8-18-15/h4-10H,11H2,1-3H3. The van der Waals surface area contributed by atoms with E-state index >= 15 is 0 Å². The summed E-state index contributed by atoms with van der Waals surface area (Å²) in [6, 6.07) is 11.7. The number of hydrogen-bond donors (Lipinski definition) is 0. The molecule has 1 aromatic carbocycles. The fraction of sp³-hybridized carbons (Fsp3) is 0.294. The van der Waals surface area contributed by atoms with Gasteiger partial charge in [0.15, 0.2) is 5.76 Å². The number of aromatic nitrogens is 2. The molecule has 0 spiro atoms. The van der Waals surface area contributed by atoms with Gasteiger partial charge >= 0.3 is 0 Å². The van der Waals surface area contributed by atoms with E-state index in [0.717, 1.165) is 28.1 Å². The van der Waals surface area contributed by atoms with Gasteiger partial charge in [-0.2, -0.15) is 0 Å². The van der Waals surface area contributed by atoms with E-state index in [4.69, 9.17) is 9.26 Å². The Kier molecular flexibility index (Phi) is 3.37. The van der Waals surface area contributed by atoms with E-state index in [0.29, 0.717) is 6.61 Å². The summed E-state index contributed by atoms with van der Waals surface area (Å²) in [6.07, 6.45) is 1.78. The Morgan fingerprint density at radius 3 is 2.76 bits per heavy atom. The average molecular weight is 282 g/mol. The predicted molar refractivity (Wildman–Crippen MR) is 81.3 cm³/mol. The second kappa shape index (κ2) is 5.20. The minimum absolute atomic E-state index is 0.0175. The minimum atomic E-state index is -0.0175. The number of hydrogen-bond acceptors (Lipinski definition) is 4. The van der Waals surface area contributed by atoms with Crippen molar-refractivity contribution in [2.45, 2.75) is 32.8 Å². The molecule has 3 rings (SSSR count). The van der Waals surface area contributed by atoms with E-state index in [1.165, 1.54) is 0 Å². The van der Waals surface area contributed by atoms with Crippen LogP contribution in [0.2, 0.25) is 0 Å². The maximum atomic E-state index is 5.76. The lowest BCUT2D eigenvalue weighted by Crippen LogP contribution is -2.11. The van der Waals surface area contributed by atoms with Gasteiger partial charge in [-0.1, -0.05) is 32.0 Å². The number of pyridine rings is 1. The summed E-state index contributed by atoms with van der Waals surface area (Å²) in [5.41, 5.74) is 1.87. The highest BCUT2D eigenvalue weighted by atomic mass is 16.5. The summed E-state index contributed by atoms with van der Waals surface area (Å²) in [7, 11) is 0. The normalized spacial score (nSPS) is 11.8. The Morgan fingerprint density at radius 2 is 2.00 bits per heavy atom. The van der Waals surface area contributed by atoms with Gasteiger partial charge in [-0.3, -0.25) is 4.98 Å². The Labute approximate surface area is 123 Å². The van der Waals surface area contributed by atoms with Crippen LogP contribution in [-0.2, 0) is 12.0 Å². The highest BCUT2D eigenvalue weighted by Crippen LogP contribution is 2.23. The minimum Gasteiger partial charge on any atom is -0.486 e. The highest BCUT2D eigenvalue weighted by molar-refractivity contribution is 5.79. The average Bonchev–Trinajstić information content (AvgIpc) is 2.94. The van der Waals surface area contributed by atoms with Crippen LogP contribution in [-0.4, -0.2) is 10.1 Å². The van der Waals surface area contributed by atoms with Crippen LogP contribution in [0.25, 0.3) is 10.9 Å². The van der Waals surface area contributed by atoms with Crippen molar-refractivity contribution < 1.29 is 9.26 Å². The van der Waals surface area contributed by atoms with Crippen LogP contribution in [0.5, 0.6) is 5.75 Å². The third kappa shape index (κ3) is 3.05. The number of ether oxygens (including phenoxy) is 1. The van der Waals surface area contributed by atoms with Crippen molar-refractivity contribution in [2.24, 2.45) is 0 Å². The molecule has 0 unspecified atom stereocenters. The molecular weight excluding hydrogens is 264 g/mol. The maximum absolute atomic E-state index is 5.76. The largest absolute Gasteiger partial charge is 0.486 e. The van der Waals surface area contributed by atoms with E-state index in [1.54, 1.807) is 6.20 Å². The fourth-order valence-electron chi connectivity index (χ4n) is 2.03. The quantitative estimate of drug-likeness (QED) is 0.725. The van der Waals surface area contributed by atoms with Crippen LogP contribution in [0.15, 0.2) is 47.1 Å². The molecule has 0 saturated carbocycles. The summed E-state index contributed by atoms with van der Waals surface area (Å²) >= 11 is 0. The summed E-state index contributed by atoms with van der Waals surface area (Å²) < 4.78 is 11.1. The van der Waals surface area contributed by atoms with Gasteiger partial charge in [0.1, 0.15) is 12.4 Å². The van der Waals surface area contributed by atoms with Crippen molar-refractivity contribution >= 4 is 10.9 Å². The lowest BCUT2D eigenvalue weighted by Gasteiger charge is -2.12. The molecule has 3 aromatic rings. The molecule has 0 fully saturated rings. The molecule has 0 aliphatic carbocycles. The van der Waals surface area contributed by atoms with Crippen LogP contribution in [0.4, 0.5) is 0 Å². The van der Waals surface area contributed by atoms with Gasteiger partial charge < -0.3 is 9.26 Å². The first-order valence-electron chi connectivity index (χ1n) is 6.96. The molecule has 0 N–H and O–H groups in total. The van der Waals surface area contributed by atoms with Crippen LogP contribution >= 0.6 is 0 Å². The Balaban J connectivity index is 1.73. The van der Waals surface area contributed by atoms with Gasteiger partial charge in [0.05, 0.1) is 11.2 Å². The Morgan fingerprint density at radius 1 is 1.14 bits per heavy atom. The molecule has 0 amide bonds. The summed E-state index contributed by atoms with van der Waals surface area (Å²) in [5, 5.41) is 5.14. The van der Waals surface area contributed by atoms with Crippen LogP contribution in [0.1, 0.15) is 32.2 Å². The zero-order valence-corrected chi connectivity index (χ0v) is 12.5. The van der Waals surface area contributed by atoms with Gasteiger partial charge in [0.2, 0.25) is 0 Å². The van der Waals surface area contributed by atoms with E-state index in [-0.39, 0.29) is 5.41 Å². The molecule has 0 aliphatic rings. The van der Waals surface area contributed by atoms with Gasteiger partial charge in [0.25, 0.3) is 0 Å². The van der Waals surface area contributed by atoms with Crippen LogP contribution < -0.4 is 4.74 Å². The zero-order chi connectivity index (χ0) is 14.9. The summed E-state index contributed by atoms with van der Waals surface area (Å²) in [6.45, 7) is 6.68. The SMILES string of the molecule is CC(C)(C)c1cc(COc2ccc3ncccc3c2)on1. The second-order valence-corrected chi connectivity index (χ2v) is 6.08. The van der Waals surface area contributed by atoms with Gasteiger partial charge in [-0.15, -0.1) is 0 Å². The second-order valence-electron chi connectivity index (χ2n) is 6.08. The van der Waals surface area contributed by atoms with E-state index in [1.807, 2.05) is 36.4 Å². The first kappa shape index (κ1) is 13.6. The number of fused-ring (bicyclic) bond motifs is 1. The fourth-order valence-corrected chi connectivity index (χ4v) is 2.03. The molecule has 2 heterocycles. The molecule has 4 heteroatoms. The molecule has 0 radical (unpaired) electrons. The Hall–Kier alpha value is -2.36. The van der Waals surface area contributed by atoms with E-state index in [9.17, 15) is 0 Å². The number of rotatable bonds is 3. The van der Waals surface area contributed by atoms with Crippen LogP contribution in [0, 0.1) is 0 Å². The molecule has 0 bridgehead atoms. The maximum Gasteiger partial charge on any atom is 0.174 e. The third-order valence-electron chi connectivity index (χ3n) is 3.28. The molecule has 21 heavy (non-hydrogen) atoms. The molecule has 108 valence electrons. The molecular formula is C17H18N2O2. The molecule has 0 saturated heterocycles. The molecule has 0 atom stereocenters. The van der Waals surface area contributed by atoms with Crippen molar-refractivity contribution in [1.29, 1.82) is 0 Å². The highest BCUT2D eigenvalue weighted by Gasteiger charge is 2.19. The summed E-state index contributed by atoms with van der Waals surface area (Å²) in [5.74, 6) is 1.52. The van der Waals surface area contributed by atoms with E-state index in [2.05, 4.69) is 30.9 Å². The molecule has 4 nitrogen and oxygen atoms in total. The van der Waals surface area contributed by atoms with Crippen molar-refractivity contribution in [2.75, 3.05) is 0 Å². The monoisotopic (exact) mass is 282 g/mol. The van der Waals surface area contributed by atoms with Gasteiger partial charge in [-0.25, -0.2) is 0 Å². The predicted octanol–water partition coefficient (Wildman–Crippen LogP) is 4.10. The molecule has 2 aromatic heterocycles. The van der Waals surface area contributed by atoms with Crippen molar-refractivity contribution in [1.82, 2.24) is 10.1 Å². The number of benzene rings is 1. The lowest BCUT2D eigenvalue weighted by atomic mass is 9.92. The van der Waals surface area contributed by atoms with Crippen LogP contribution in [0.3, 0.4) is 0 Å². The molecule has 0 aliphatic heterocycles. The topological polar surface area (TPSA) is 48.2 Å². The van der Waals surface area contributed by atoms with E-state index < -0.39 is 0 Å². The van der Waals surface area contributed by atoms with Gasteiger partial charge in [0, 0.05) is 23.1 Å². The van der Waals surface area contributed by atoms with Crippen molar-refractivity contribution in [3.8, 4) is 5.75 Å². The zero-order valence-electron chi connectivity index (χ0n) is 12.5. The van der Waals surface area contributed by atoms with Crippen molar-refractivity contribution in [3.63, 3.8) is 0 Å².